The van der Waals surface area contributed by atoms with Gasteiger partial charge in [-0.15, -0.1) is 5.11 Å². The molecule has 7 heteroatoms. The van der Waals surface area contributed by atoms with Gasteiger partial charge in [0.15, 0.2) is 0 Å². The molecule has 0 aliphatic heterocycles. The Morgan fingerprint density at radius 1 is 1.05 bits per heavy atom. The molecule has 0 unspecified atom stereocenters. The summed E-state index contributed by atoms with van der Waals surface area (Å²) < 4.78 is 0. The second kappa shape index (κ2) is 8.76. The lowest BCUT2D eigenvalue weighted by Crippen LogP contribution is -2.72. The molecule has 1 aromatic carbocycles. The molecule has 0 amide bonds. The highest BCUT2D eigenvalue weighted by molar-refractivity contribution is 5.46. The van der Waals surface area contributed by atoms with Gasteiger partial charge in [0.05, 0.1) is 24.6 Å². The number of hydrogen-bond acceptors (Lipinski definition) is 5. The fourth-order valence-electron chi connectivity index (χ4n) is 1.22. The van der Waals surface area contributed by atoms with Crippen LogP contribution >= 0.6 is 0 Å². The average molecular weight is 276 g/mol. The van der Waals surface area contributed by atoms with Gasteiger partial charge in [0.1, 0.15) is 12.9 Å². The summed E-state index contributed by atoms with van der Waals surface area (Å²) in [6.45, 7) is 0.520. The Kier molecular flexibility index (Phi) is 6.91. The van der Waals surface area contributed by atoms with Crippen molar-refractivity contribution in [2.45, 2.75) is 0 Å². The normalized spacial score (nSPS) is 11.8. The standard InChI is InChI=1S/C13H21N7/c1-14-9-10-20(4)11-15-16-12-5-7-13(8-6-12)17-18-19(2)3/h5-10,14H,11H2,1-4H3/p+1/b10-9-,16-15?,18-17?. The predicted molar refractivity (Wildman–Crippen MR) is 78.8 cm³/mol. The molecular formula is C13H22N7+. The zero-order valence-electron chi connectivity index (χ0n) is 12.4. The lowest BCUT2D eigenvalue weighted by Gasteiger charge is -2.07. The molecule has 0 atom stereocenters. The van der Waals surface area contributed by atoms with Gasteiger partial charge in [0.2, 0.25) is 0 Å². The molecule has 20 heavy (non-hydrogen) atoms. The van der Waals surface area contributed by atoms with Crippen LogP contribution in [0.4, 0.5) is 11.4 Å². The van der Waals surface area contributed by atoms with Crippen LogP contribution in [0.5, 0.6) is 0 Å². The molecule has 0 saturated carbocycles. The van der Waals surface area contributed by atoms with E-state index < -0.39 is 0 Å². The quantitative estimate of drug-likeness (QED) is 0.610. The summed E-state index contributed by atoms with van der Waals surface area (Å²) in [5.74, 6) is 0. The Bertz CT molecular complexity index is 462. The molecule has 1 aromatic rings. The van der Waals surface area contributed by atoms with E-state index in [1.165, 1.54) is 0 Å². The minimum atomic E-state index is 0.520. The molecule has 0 aliphatic carbocycles. The van der Waals surface area contributed by atoms with E-state index >= 15 is 0 Å². The van der Waals surface area contributed by atoms with E-state index in [1.54, 1.807) is 5.01 Å². The van der Waals surface area contributed by atoms with E-state index in [-0.39, 0.29) is 0 Å². The van der Waals surface area contributed by atoms with Crippen LogP contribution in [0.3, 0.4) is 0 Å². The number of nitrogens with two attached hydrogens (primary N) is 1. The van der Waals surface area contributed by atoms with Gasteiger partial charge in [-0.1, -0.05) is 5.22 Å². The number of benzene rings is 1. The van der Waals surface area contributed by atoms with Crippen LogP contribution < -0.4 is 5.32 Å². The number of nitrogens with zero attached hydrogens (tertiary/aromatic N) is 6. The van der Waals surface area contributed by atoms with Crippen molar-refractivity contribution in [3.63, 3.8) is 0 Å². The Morgan fingerprint density at radius 2 is 1.65 bits per heavy atom. The molecule has 7 nitrogen and oxygen atoms in total. The van der Waals surface area contributed by atoms with E-state index in [0.29, 0.717) is 6.67 Å². The minimum Gasteiger partial charge on any atom is -0.355 e. The van der Waals surface area contributed by atoms with Crippen LogP contribution in [0.15, 0.2) is 57.2 Å². The molecule has 0 radical (unpaired) electrons. The molecule has 1 rings (SSSR count). The van der Waals surface area contributed by atoms with Gasteiger partial charge in [-0.25, -0.2) is 0 Å². The number of quaternary nitrogens is 1. The highest BCUT2D eigenvalue weighted by Crippen LogP contribution is 2.19. The van der Waals surface area contributed by atoms with Crippen molar-refractivity contribution < 1.29 is 5.32 Å². The van der Waals surface area contributed by atoms with Gasteiger partial charge in [-0.05, 0) is 24.3 Å². The zero-order valence-corrected chi connectivity index (χ0v) is 12.4. The second-order valence-corrected chi connectivity index (χ2v) is 4.37. The van der Waals surface area contributed by atoms with Crippen molar-refractivity contribution in [1.29, 1.82) is 0 Å². The van der Waals surface area contributed by atoms with Crippen molar-refractivity contribution >= 4 is 11.4 Å². The monoisotopic (exact) mass is 276 g/mol. The molecule has 0 saturated heterocycles. The number of azo groups is 1. The maximum absolute atomic E-state index is 4.15. The third kappa shape index (κ3) is 6.60. The second-order valence-electron chi connectivity index (χ2n) is 4.37. The Balaban J connectivity index is 2.50. The van der Waals surface area contributed by atoms with Gasteiger partial charge in [0.25, 0.3) is 0 Å². The van der Waals surface area contributed by atoms with Crippen molar-refractivity contribution in [2.24, 2.45) is 20.6 Å². The van der Waals surface area contributed by atoms with Gasteiger partial charge >= 0.3 is 0 Å². The van der Waals surface area contributed by atoms with Crippen LogP contribution in [0.25, 0.3) is 0 Å². The third-order valence-electron chi connectivity index (χ3n) is 2.19. The number of rotatable bonds is 7. The van der Waals surface area contributed by atoms with Gasteiger partial charge < -0.3 is 10.2 Å². The molecule has 0 heterocycles. The van der Waals surface area contributed by atoms with E-state index in [9.17, 15) is 0 Å². The Morgan fingerprint density at radius 3 is 2.20 bits per heavy atom. The van der Waals surface area contributed by atoms with Crippen LogP contribution in [0.2, 0.25) is 0 Å². The van der Waals surface area contributed by atoms with Crippen molar-refractivity contribution in [2.75, 3.05) is 34.9 Å². The maximum atomic E-state index is 4.15. The van der Waals surface area contributed by atoms with Crippen LogP contribution in [-0.4, -0.2) is 44.8 Å². The summed E-state index contributed by atoms with van der Waals surface area (Å²) in [7, 11) is 7.57. The summed E-state index contributed by atoms with van der Waals surface area (Å²) in [5, 5.41) is 19.9. The summed E-state index contributed by atoms with van der Waals surface area (Å²) >= 11 is 0. The maximum Gasteiger partial charge on any atom is 0.131 e. The van der Waals surface area contributed by atoms with Crippen LogP contribution in [0.1, 0.15) is 0 Å². The fraction of sp³-hybridized carbons (Fsp3) is 0.385. The molecule has 0 aliphatic rings. The largest absolute Gasteiger partial charge is 0.355 e. The summed E-state index contributed by atoms with van der Waals surface area (Å²) in [6.07, 6.45) is 3.91. The predicted octanol–water partition coefficient (Wildman–Crippen LogP) is 1.88. The molecule has 108 valence electrons. The topological polar surface area (TPSA) is 72.5 Å². The lowest BCUT2D eigenvalue weighted by molar-refractivity contribution is -0.557. The first-order valence-electron chi connectivity index (χ1n) is 6.34. The van der Waals surface area contributed by atoms with E-state index in [4.69, 9.17) is 0 Å². The van der Waals surface area contributed by atoms with Gasteiger partial charge in [0, 0.05) is 21.1 Å². The molecule has 0 spiro atoms. The van der Waals surface area contributed by atoms with E-state index in [2.05, 4.69) is 20.6 Å². The molecule has 0 bridgehead atoms. The first kappa shape index (κ1) is 15.8. The van der Waals surface area contributed by atoms with Crippen LogP contribution in [0, 0.1) is 0 Å². The molecule has 0 fully saturated rings. The highest BCUT2D eigenvalue weighted by atomic mass is 15.5. The summed E-state index contributed by atoms with van der Waals surface area (Å²) in [5.41, 5.74) is 1.59. The van der Waals surface area contributed by atoms with E-state index in [1.807, 2.05) is 75.1 Å². The minimum absolute atomic E-state index is 0.520. The van der Waals surface area contributed by atoms with Crippen molar-refractivity contribution in [3.8, 4) is 0 Å². The lowest BCUT2D eigenvalue weighted by atomic mass is 10.3. The fourth-order valence-corrected chi connectivity index (χ4v) is 1.22. The summed E-state index contributed by atoms with van der Waals surface area (Å²) in [4.78, 5) is 1.95. The summed E-state index contributed by atoms with van der Waals surface area (Å²) in [6, 6.07) is 7.44. The first-order chi connectivity index (χ1) is 9.61. The average Bonchev–Trinajstić information content (AvgIpc) is 2.44. The van der Waals surface area contributed by atoms with Crippen molar-refractivity contribution in [1.82, 2.24) is 9.91 Å². The zero-order chi connectivity index (χ0) is 14.8. The number of hydrogen-bond donors (Lipinski definition) is 1. The Labute approximate surface area is 119 Å². The first-order valence-corrected chi connectivity index (χ1v) is 6.34. The molecule has 0 aromatic heterocycles. The molecule has 2 N–H and O–H groups in total. The SMILES string of the molecule is C[NH2+]/C=C\N(C)CN=Nc1ccc(N=NN(C)C)cc1. The highest BCUT2D eigenvalue weighted by Gasteiger charge is 1.93. The molecular weight excluding hydrogens is 254 g/mol. The third-order valence-corrected chi connectivity index (χ3v) is 2.19. The van der Waals surface area contributed by atoms with Gasteiger partial charge in [-0.3, -0.25) is 5.01 Å². The smallest absolute Gasteiger partial charge is 0.131 e. The van der Waals surface area contributed by atoms with Crippen molar-refractivity contribution in [3.05, 3.63) is 36.7 Å². The van der Waals surface area contributed by atoms with Crippen LogP contribution in [-0.2, 0) is 0 Å². The van der Waals surface area contributed by atoms with Gasteiger partial charge in [-0.2, -0.15) is 10.2 Å². The Hall–Kier alpha value is -2.28. The van der Waals surface area contributed by atoms with E-state index in [0.717, 1.165) is 11.4 Å².